The number of fused-ring (bicyclic) bond motifs is 1. The second kappa shape index (κ2) is 9.92. The van der Waals surface area contributed by atoms with Crippen LogP contribution in [-0.4, -0.2) is 63.6 Å². The zero-order chi connectivity index (χ0) is 27.0. The number of Topliss-reactive ketones (excluding diaryl/α,β-unsaturated/α-hetero) is 2. The molecule has 0 spiro atoms. The summed E-state index contributed by atoms with van der Waals surface area (Å²) in [6.45, 7) is 2.83. The maximum absolute atomic E-state index is 13.1. The quantitative estimate of drug-likeness (QED) is 0.406. The molecule has 0 amide bonds. The third-order valence-corrected chi connectivity index (χ3v) is 7.37. The minimum atomic E-state index is -5.47. The largest absolute Gasteiger partial charge is 0.516 e. The van der Waals surface area contributed by atoms with Gasteiger partial charge in [-0.25, -0.2) is 14.3 Å². The van der Waals surface area contributed by atoms with Gasteiger partial charge in [-0.15, -0.1) is 0 Å². The summed E-state index contributed by atoms with van der Waals surface area (Å²) >= 11 is 0. The van der Waals surface area contributed by atoms with E-state index in [1.807, 2.05) is 6.92 Å². The lowest BCUT2D eigenvalue weighted by Gasteiger charge is -2.29. The van der Waals surface area contributed by atoms with Gasteiger partial charge in [-0.3, -0.25) is 19.0 Å². The number of aromatic nitrogens is 3. The molecule has 1 aromatic carbocycles. The van der Waals surface area contributed by atoms with Crippen LogP contribution in [0.4, 0.5) is 18.9 Å². The van der Waals surface area contributed by atoms with Crippen molar-refractivity contribution in [1.29, 1.82) is 0 Å². The Kier molecular flexibility index (Phi) is 7.04. The van der Waals surface area contributed by atoms with Gasteiger partial charge in [0.2, 0.25) is 5.78 Å². The molecule has 37 heavy (non-hydrogen) atoms. The van der Waals surface area contributed by atoms with Gasteiger partial charge in [-0.1, -0.05) is 19.1 Å². The number of sulfonamides is 1. The molecule has 10 nitrogen and oxygen atoms in total. The fraction of sp³-hybridized carbons (Fsp3) is 0.348. The number of benzene rings is 1. The molecule has 2 aromatic heterocycles. The highest BCUT2D eigenvalue weighted by Crippen LogP contribution is 2.27. The molecule has 0 atom stereocenters. The molecule has 0 bridgehead atoms. The van der Waals surface area contributed by atoms with Gasteiger partial charge in [0, 0.05) is 18.8 Å². The van der Waals surface area contributed by atoms with Crippen molar-refractivity contribution in [3.8, 4) is 0 Å². The fourth-order valence-electron chi connectivity index (χ4n) is 3.85. The molecule has 0 saturated carbocycles. The van der Waals surface area contributed by atoms with Gasteiger partial charge in [0.05, 0.1) is 30.0 Å². The highest BCUT2D eigenvalue weighted by Gasteiger charge is 2.50. The molecule has 4 rings (SSSR count). The minimum absolute atomic E-state index is 0.0615. The molecule has 0 fully saturated rings. The summed E-state index contributed by atoms with van der Waals surface area (Å²) < 4.78 is 62.9. The summed E-state index contributed by atoms with van der Waals surface area (Å²) in [6.07, 6.45) is 4.75. The Bertz CT molecular complexity index is 1480. The van der Waals surface area contributed by atoms with E-state index in [0.29, 0.717) is 47.6 Å². The summed E-state index contributed by atoms with van der Waals surface area (Å²) in [5.74, 6) is 0.0214. The van der Waals surface area contributed by atoms with Gasteiger partial charge in [0.1, 0.15) is 12.0 Å². The van der Waals surface area contributed by atoms with Crippen LogP contribution in [0.3, 0.4) is 0 Å². The highest BCUT2D eigenvalue weighted by molar-refractivity contribution is 7.90. The van der Waals surface area contributed by atoms with E-state index in [9.17, 15) is 31.2 Å². The zero-order valence-corrected chi connectivity index (χ0v) is 20.8. The highest BCUT2D eigenvalue weighted by atomic mass is 32.2. The lowest BCUT2D eigenvalue weighted by Crippen LogP contribution is -2.46. The van der Waals surface area contributed by atoms with Crippen molar-refractivity contribution in [2.45, 2.75) is 38.6 Å². The molecule has 3 aromatic rings. The molecule has 1 aliphatic rings. The van der Waals surface area contributed by atoms with Crippen LogP contribution in [0.25, 0.3) is 5.78 Å². The van der Waals surface area contributed by atoms with E-state index in [1.165, 1.54) is 18.1 Å². The maximum atomic E-state index is 13.1. The summed E-state index contributed by atoms with van der Waals surface area (Å²) in [4.78, 5) is 33.5. The Morgan fingerprint density at radius 2 is 1.81 bits per heavy atom. The van der Waals surface area contributed by atoms with E-state index >= 15 is 0 Å². The van der Waals surface area contributed by atoms with Gasteiger partial charge in [-0.05, 0) is 37.5 Å². The first kappa shape index (κ1) is 26.3. The number of hydrogen-bond donors (Lipinski definition) is 0. The van der Waals surface area contributed by atoms with Gasteiger partial charge in [0.15, 0.2) is 11.6 Å². The molecule has 0 N–H and O–H groups in total. The second-order valence-corrected chi connectivity index (χ2v) is 10.2. The summed E-state index contributed by atoms with van der Waals surface area (Å²) in [7, 11) is -5.47. The summed E-state index contributed by atoms with van der Waals surface area (Å²) in [6, 6.07) is 6.92. The molecule has 0 radical (unpaired) electrons. The standard InChI is InChI=1S/C23H23F3N6O4S/c1-3-19-21(31-13-17(15(2)33)12-27-22(31)29-19)20(34)9-6-16-4-7-18(8-5-16)32-11-10-30(14-28-32)37(35,36)23(24,25)26/h4-5,7-8,12-14H,3,6,9-11H2,1-2H3. The predicted molar refractivity (Wildman–Crippen MR) is 129 cm³/mol. The Labute approximate surface area is 210 Å². The maximum Gasteiger partial charge on any atom is 0.516 e. The SMILES string of the molecule is CCc1nc2ncc(C(C)=O)cn2c1C(=O)CCc1ccc(N2CCN(S(=O)(=O)C(F)(F)F)C=N2)cc1. The topological polar surface area (TPSA) is 117 Å². The molecule has 14 heteroatoms. The first-order chi connectivity index (χ1) is 17.4. The second-order valence-electron chi connectivity index (χ2n) is 8.33. The first-order valence-electron chi connectivity index (χ1n) is 11.3. The molecule has 196 valence electrons. The number of rotatable bonds is 8. The number of aryl methyl sites for hydroxylation is 2. The third-order valence-electron chi connectivity index (χ3n) is 5.89. The number of carbonyl (C=O) groups excluding carboxylic acids is 2. The molecule has 0 saturated heterocycles. The van der Waals surface area contributed by atoms with Crippen molar-refractivity contribution >= 4 is 39.4 Å². The van der Waals surface area contributed by atoms with E-state index < -0.39 is 22.1 Å². The third kappa shape index (κ3) is 5.19. The number of anilines is 1. The average molecular weight is 537 g/mol. The van der Waals surface area contributed by atoms with Crippen LogP contribution < -0.4 is 5.01 Å². The van der Waals surface area contributed by atoms with E-state index in [-0.39, 0.29) is 28.8 Å². The van der Waals surface area contributed by atoms with Gasteiger partial charge < -0.3 is 0 Å². The van der Waals surface area contributed by atoms with Crippen molar-refractivity contribution in [1.82, 2.24) is 18.7 Å². The Balaban J connectivity index is 1.44. The number of hydrazone groups is 1. The lowest BCUT2D eigenvalue weighted by molar-refractivity contribution is -0.0471. The van der Waals surface area contributed by atoms with Crippen molar-refractivity contribution in [2.24, 2.45) is 5.10 Å². The van der Waals surface area contributed by atoms with Crippen molar-refractivity contribution in [3.63, 3.8) is 0 Å². The van der Waals surface area contributed by atoms with Crippen LogP contribution in [0.5, 0.6) is 0 Å². The fourth-order valence-corrected chi connectivity index (χ4v) is 4.61. The van der Waals surface area contributed by atoms with E-state index in [1.54, 1.807) is 34.9 Å². The lowest BCUT2D eigenvalue weighted by atomic mass is 10.0. The van der Waals surface area contributed by atoms with Crippen LogP contribution in [0.1, 0.15) is 52.4 Å². The van der Waals surface area contributed by atoms with Crippen molar-refractivity contribution in [2.75, 3.05) is 18.1 Å². The number of alkyl halides is 3. The molecule has 1 aliphatic heterocycles. The van der Waals surface area contributed by atoms with Gasteiger partial charge in [0.25, 0.3) is 0 Å². The number of carbonyl (C=O) groups is 2. The molecular formula is C23H23F3N6O4S. The monoisotopic (exact) mass is 536 g/mol. The predicted octanol–water partition coefficient (Wildman–Crippen LogP) is 3.22. The van der Waals surface area contributed by atoms with Crippen LogP contribution in [-0.2, 0) is 22.9 Å². The van der Waals surface area contributed by atoms with Crippen molar-refractivity contribution < 1.29 is 31.2 Å². The van der Waals surface area contributed by atoms with E-state index in [0.717, 1.165) is 5.56 Å². The van der Waals surface area contributed by atoms with E-state index in [2.05, 4.69) is 15.1 Å². The van der Waals surface area contributed by atoms with Crippen LogP contribution in [0, 0.1) is 0 Å². The van der Waals surface area contributed by atoms with Crippen LogP contribution in [0.2, 0.25) is 0 Å². The smallest absolute Gasteiger partial charge is 0.294 e. The van der Waals surface area contributed by atoms with Crippen molar-refractivity contribution in [3.05, 3.63) is 59.2 Å². The molecular weight excluding hydrogens is 513 g/mol. The van der Waals surface area contributed by atoms with Gasteiger partial charge >= 0.3 is 15.5 Å². The van der Waals surface area contributed by atoms with E-state index in [4.69, 9.17) is 0 Å². The Morgan fingerprint density at radius 3 is 2.38 bits per heavy atom. The molecule has 0 unspecified atom stereocenters. The Morgan fingerprint density at radius 1 is 1.11 bits per heavy atom. The summed E-state index contributed by atoms with van der Waals surface area (Å²) in [5.41, 5.74) is -2.63. The first-order valence-corrected chi connectivity index (χ1v) is 12.8. The molecule has 3 heterocycles. The molecule has 0 aliphatic carbocycles. The number of halogens is 3. The van der Waals surface area contributed by atoms with Crippen LogP contribution >= 0.6 is 0 Å². The Hall–Kier alpha value is -3.81. The average Bonchev–Trinajstić information content (AvgIpc) is 3.25. The van der Waals surface area contributed by atoms with Crippen LogP contribution in [0.15, 0.2) is 41.8 Å². The number of ketones is 2. The van der Waals surface area contributed by atoms with Gasteiger partial charge in [-0.2, -0.15) is 26.7 Å². The zero-order valence-electron chi connectivity index (χ0n) is 19.9. The minimum Gasteiger partial charge on any atom is -0.294 e. The number of hydrogen-bond acceptors (Lipinski definition) is 8. The normalized spacial score (nSPS) is 14.4. The number of imidazole rings is 1. The summed E-state index contributed by atoms with van der Waals surface area (Å²) in [5, 5.41) is 5.22. The number of nitrogens with zero attached hydrogens (tertiary/aromatic N) is 6.